The highest BCUT2D eigenvalue weighted by Gasteiger charge is 2.09. The van der Waals surface area contributed by atoms with Crippen molar-refractivity contribution in [3.05, 3.63) is 52.9 Å². The summed E-state index contributed by atoms with van der Waals surface area (Å²) in [5, 5.41) is 3.52. The Kier molecular flexibility index (Phi) is 4.93. The van der Waals surface area contributed by atoms with Crippen molar-refractivity contribution in [2.75, 3.05) is 0 Å². The molecule has 0 aliphatic carbocycles. The third-order valence-electron chi connectivity index (χ3n) is 2.65. The molecular formula is C15H16ClFN2O. The van der Waals surface area contributed by atoms with Crippen LogP contribution in [0.2, 0.25) is 5.02 Å². The first-order chi connectivity index (χ1) is 9.56. The average molecular weight is 295 g/mol. The third kappa shape index (κ3) is 3.92. The summed E-state index contributed by atoms with van der Waals surface area (Å²) in [4.78, 5) is 4.20. The average Bonchev–Trinajstić information content (AvgIpc) is 2.41. The van der Waals surface area contributed by atoms with E-state index in [0.717, 1.165) is 5.56 Å². The van der Waals surface area contributed by atoms with Gasteiger partial charge in [0.1, 0.15) is 11.6 Å². The van der Waals surface area contributed by atoms with Crippen LogP contribution in [0.5, 0.6) is 11.6 Å². The number of halogens is 2. The molecule has 0 unspecified atom stereocenters. The van der Waals surface area contributed by atoms with Gasteiger partial charge in [0.2, 0.25) is 5.88 Å². The minimum Gasteiger partial charge on any atom is -0.437 e. The number of hydrogen-bond acceptors (Lipinski definition) is 3. The van der Waals surface area contributed by atoms with Crippen molar-refractivity contribution in [1.29, 1.82) is 0 Å². The van der Waals surface area contributed by atoms with Gasteiger partial charge in [-0.3, -0.25) is 0 Å². The summed E-state index contributed by atoms with van der Waals surface area (Å²) in [6.45, 7) is 4.77. The van der Waals surface area contributed by atoms with E-state index in [1.807, 2.05) is 12.1 Å². The molecule has 3 nitrogen and oxygen atoms in total. The van der Waals surface area contributed by atoms with E-state index in [2.05, 4.69) is 24.1 Å². The van der Waals surface area contributed by atoms with Crippen LogP contribution in [-0.2, 0) is 6.54 Å². The zero-order valence-electron chi connectivity index (χ0n) is 11.4. The molecule has 1 N–H and O–H groups in total. The molecule has 0 aliphatic rings. The first-order valence-corrected chi connectivity index (χ1v) is 6.74. The molecule has 2 rings (SSSR count). The highest BCUT2D eigenvalue weighted by atomic mass is 35.5. The summed E-state index contributed by atoms with van der Waals surface area (Å²) >= 11 is 5.95. The van der Waals surface area contributed by atoms with Gasteiger partial charge < -0.3 is 10.1 Å². The molecule has 0 saturated carbocycles. The summed E-state index contributed by atoms with van der Waals surface area (Å²) in [6, 6.07) is 8.14. The Hall–Kier alpha value is -1.65. The van der Waals surface area contributed by atoms with E-state index >= 15 is 0 Å². The Morgan fingerprint density at radius 2 is 2.15 bits per heavy atom. The fourth-order valence-corrected chi connectivity index (χ4v) is 1.83. The van der Waals surface area contributed by atoms with E-state index < -0.39 is 5.82 Å². The number of benzene rings is 1. The van der Waals surface area contributed by atoms with E-state index in [9.17, 15) is 4.39 Å². The van der Waals surface area contributed by atoms with Crippen LogP contribution in [-0.4, -0.2) is 11.0 Å². The van der Waals surface area contributed by atoms with Gasteiger partial charge in [-0.25, -0.2) is 9.37 Å². The fourth-order valence-electron chi connectivity index (χ4n) is 1.63. The van der Waals surface area contributed by atoms with E-state index in [1.54, 1.807) is 6.20 Å². The summed E-state index contributed by atoms with van der Waals surface area (Å²) in [7, 11) is 0. The molecule has 0 atom stereocenters. The number of rotatable bonds is 5. The van der Waals surface area contributed by atoms with E-state index in [0.29, 0.717) is 24.2 Å². The van der Waals surface area contributed by atoms with Gasteiger partial charge >= 0.3 is 0 Å². The number of nitrogens with one attached hydrogen (secondary N) is 1. The molecule has 0 aliphatic heterocycles. The largest absolute Gasteiger partial charge is 0.437 e. The maximum atomic E-state index is 13.0. The van der Waals surface area contributed by atoms with E-state index in [-0.39, 0.29) is 5.02 Å². The number of nitrogens with zero attached hydrogens (tertiary/aromatic N) is 1. The molecule has 106 valence electrons. The van der Waals surface area contributed by atoms with Gasteiger partial charge in [-0.05, 0) is 24.3 Å². The van der Waals surface area contributed by atoms with Crippen LogP contribution < -0.4 is 10.1 Å². The van der Waals surface area contributed by atoms with Gasteiger partial charge in [0.15, 0.2) is 0 Å². The Morgan fingerprint density at radius 1 is 1.35 bits per heavy atom. The fraction of sp³-hybridized carbons (Fsp3) is 0.267. The van der Waals surface area contributed by atoms with Crippen LogP contribution in [0.1, 0.15) is 19.4 Å². The van der Waals surface area contributed by atoms with Crippen molar-refractivity contribution in [2.24, 2.45) is 0 Å². The lowest BCUT2D eigenvalue weighted by Crippen LogP contribution is -2.22. The van der Waals surface area contributed by atoms with Crippen LogP contribution in [0.15, 0.2) is 36.5 Å². The zero-order valence-corrected chi connectivity index (χ0v) is 12.1. The second-order valence-electron chi connectivity index (χ2n) is 4.68. The zero-order chi connectivity index (χ0) is 14.5. The van der Waals surface area contributed by atoms with Crippen molar-refractivity contribution >= 4 is 11.6 Å². The molecular weight excluding hydrogens is 279 g/mol. The highest BCUT2D eigenvalue weighted by Crippen LogP contribution is 2.30. The van der Waals surface area contributed by atoms with Crippen LogP contribution in [0.25, 0.3) is 0 Å². The molecule has 0 amide bonds. The lowest BCUT2D eigenvalue weighted by Gasteiger charge is -2.13. The van der Waals surface area contributed by atoms with Gasteiger partial charge in [0, 0.05) is 24.3 Å². The molecule has 0 saturated heterocycles. The number of hydrogen-bond donors (Lipinski definition) is 1. The Morgan fingerprint density at radius 3 is 2.85 bits per heavy atom. The van der Waals surface area contributed by atoms with Crippen LogP contribution in [0.4, 0.5) is 4.39 Å². The van der Waals surface area contributed by atoms with Crippen molar-refractivity contribution in [1.82, 2.24) is 10.3 Å². The van der Waals surface area contributed by atoms with Crippen molar-refractivity contribution in [3.8, 4) is 11.6 Å². The predicted molar refractivity (Wildman–Crippen MR) is 77.7 cm³/mol. The molecule has 1 aromatic heterocycles. The van der Waals surface area contributed by atoms with Crippen LogP contribution in [0.3, 0.4) is 0 Å². The molecule has 0 fully saturated rings. The standard InChI is InChI=1S/C15H16ClFN2O/c1-10(2)19-9-11-4-3-7-18-15(11)20-14-6-5-12(17)8-13(14)16/h3-8,10,19H,9H2,1-2H3. The number of aromatic nitrogens is 1. The highest BCUT2D eigenvalue weighted by molar-refractivity contribution is 6.32. The summed E-state index contributed by atoms with van der Waals surface area (Å²) in [5.74, 6) is 0.455. The maximum Gasteiger partial charge on any atom is 0.223 e. The Bertz CT molecular complexity index is 590. The number of pyridine rings is 1. The summed E-state index contributed by atoms with van der Waals surface area (Å²) in [5.41, 5.74) is 0.918. The SMILES string of the molecule is CC(C)NCc1cccnc1Oc1ccc(F)cc1Cl. The number of ether oxygens (including phenoxy) is 1. The third-order valence-corrected chi connectivity index (χ3v) is 2.95. The van der Waals surface area contributed by atoms with Crippen LogP contribution in [0, 0.1) is 5.82 Å². The molecule has 0 radical (unpaired) electrons. The lowest BCUT2D eigenvalue weighted by atomic mass is 10.2. The van der Waals surface area contributed by atoms with Gasteiger partial charge in [-0.2, -0.15) is 0 Å². The predicted octanol–water partition coefficient (Wildman–Crippen LogP) is 4.16. The topological polar surface area (TPSA) is 34.2 Å². The first-order valence-electron chi connectivity index (χ1n) is 6.36. The van der Waals surface area contributed by atoms with Crippen LogP contribution >= 0.6 is 11.6 Å². The lowest BCUT2D eigenvalue weighted by molar-refractivity contribution is 0.449. The van der Waals surface area contributed by atoms with Crippen molar-refractivity contribution in [3.63, 3.8) is 0 Å². The van der Waals surface area contributed by atoms with Crippen molar-refractivity contribution < 1.29 is 9.13 Å². The molecule has 1 aromatic carbocycles. The molecule has 0 spiro atoms. The Labute approximate surface area is 122 Å². The molecule has 20 heavy (non-hydrogen) atoms. The minimum atomic E-state index is -0.398. The smallest absolute Gasteiger partial charge is 0.223 e. The normalized spacial score (nSPS) is 10.8. The van der Waals surface area contributed by atoms with Gasteiger partial charge in [-0.1, -0.05) is 31.5 Å². The summed E-state index contributed by atoms with van der Waals surface area (Å²) in [6.07, 6.45) is 1.64. The van der Waals surface area contributed by atoms with E-state index in [1.165, 1.54) is 18.2 Å². The second-order valence-corrected chi connectivity index (χ2v) is 5.09. The second kappa shape index (κ2) is 6.68. The van der Waals surface area contributed by atoms with Gasteiger partial charge in [-0.15, -0.1) is 0 Å². The van der Waals surface area contributed by atoms with Gasteiger partial charge in [0.05, 0.1) is 5.02 Å². The van der Waals surface area contributed by atoms with E-state index in [4.69, 9.17) is 16.3 Å². The quantitative estimate of drug-likeness (QED) is 0.899. The first kappa shape index (κ1) is 14.8. The molecule has 2 aromatic rings. The molecule has 5 heteroatoms. The maximum absolute atomic E-state index is 13.0. The van der Waals surface area contributed by atoms with Gasteiger partial charge in [0.25, 0.3) is 0 Å². The summed E-state index contributed by atoms with van der Waals surface area (Å²) < 4.78 is 18.7. The molecule has 1 heterocycles. The van der Waals surface area contributed by atoms with Crippen molar-refractivity contribution in [2.45, 2.75) is 26.4 Å². The monoisotopic (exact) mass is 294 g/mol. The Balaban J connectivity index is 2.20. The minimum absolute atomic E-state index is 0.221. The molecule has 0 bridgehead atoms.